The van der Waals surface area contributed by atoms with Gasteiger partial charge in [0, 0.05) is 18.2 Å². The lowest BCUT2D eigenvalue weighted by Gasteiger charge is -2.10. The number of halogens is 4. The highest BCUT2D eigenvalue weighted by Crippen LogP contribution is 2.22. The van der Waals surface area contributed by atoms with Gasteiger partial charge >= 0.3 is 6.36 Å². The molecule has 2 aromatic carbocycles. The summed E-state index contributed by atoms with van der Waals surface area (Å²) in [6.07, 6.45) is -4.72. The molecule has 164 valence electrons. The third-order valence-corrected chi connectivity index (χ3v) is 3.81. The molecule has 0 saturated heterocycles. The molecule has 0 spiro atoms. The average molecular weight is 536 g/mol. The number of hydrogen-bond donors (Lipinski definition) is 3. The SMILES string of the molecule is CC(C)C(=O)Nc1ccc(CNC(N)=NCc2ccc(OC(F)(F)F)cc2)cc1.I. The van der Waals surface area contributed by atoms with Crippen molar-refractivity contribution in [2.24, 2.45) is 16.6 Å². The molecular formula is C20H24F3IN4O2. The molecule has 0 atom stereocenters. The van der Waals surface area contributed by atoms with Gasteiger partial charge in [0.15, 0.2) is 5.96 Å². The Labute approximate surface area is 190 Å². The molecule has 4 N–H and O–H groups in total. The standard InChI is InChI=1S/C20H23F3N4O2.HI/c1-13(2)18(28)27-16-7-3-14(4-8-16)11-25-19(24)26-12-15-5-9-17(10-6-15)29-20(21,22)23;/h3-10,13H,11-12H2,1-2H3,(H,27,28)(H3,24,25,26);1H. The Kier molecular flexibility index (Phi) is 9.90. The van der Waals surface area contributed by atoms with Gasteiger partial charge in [-0.25, -0.2) is 4.99 Å². The summed E-state index contributed by atoms with van der Waals surface area (Å²) in [4.78, 5) is 15.8. The first-order valence-corrected chi connectivity index (χ1v) is 8.90. The van der Waals surface area contributed by atoms with Crippen LogP contribution in [0, 0.1) is 5.92 Å². The number of guanidine groups is 1. The summed E-state index contributed by atoms with van der Waals surface area (Å²) in [6.45, 7) is 4.29. The highest BCUT2D eigenvalue weighted by molar-refractivity contribution is 14.0. The average Bonchev–Trinajstić information content (AvgIpc) is 2.65. The quantitative estimate of drug-likeness (QED) is 0.278. The first-order valence-electron chi connectivity index (χ1n) is 8.90. The van der Waals surface area contributed by atoms with Gasteiger partial charge in [0.25, 0.3) is 0 Å². The van der Waals surface area contributed by atoms with E-state index in [0.717, 1.165) is 5.56 Å². The van der Waals surface area contributed by atoms with Crippen LogP contribution in [0.25, 0.3) is 0 Å². The van der Waals surface area contributed by atoms with Crippen LogP contribution in [0.1, 0.15) is 25.0 Å². The molecule has 30 heavy (non-hydrogen) atoms. The molecule has 10 heteroatoms. The first-order chi connectivity index (χ1) is 13.6. The Hall–Kier alpha value is -2.50. The number of aliphatic imine (C=N–C) groups is 1. The monoisotopic (exact) mass is 536 g/mol. The molecule has 0 aliphatic rings. The number of amides is 1. The lowest BCUT2D eigenvalue weighted by molar-refractivity contribution is -0.274. The van der Waals surface area contributed by atoms with Crippen molar-refractivity contribution in [3.63, 3.8) is 0 Å². The number of ether oxygens (including phenoxy) is 1. The normalized spacial score (nSPS) is 11.6. The van der Waals surface area contributed by atoms with Crippen molar-refractivity contribution in [2.45, 2.75) is 33.3 Å². The van der Waals surface area contributed by atoms with E-state index >= 15 is 0 Å². The Balaban J connectivity index is 0.00000450. The van der Waals surface area contributed by atoms with Crippen LogP contribution in [0.15, 0.2) is 53.5 Å². The Morgan fingerprint density at radius 1 is 1.07 bits per heavy atom. The summed E-state index contributed by atoms with van der Waals surface area (Å²) < 4.78 is 40.2. The molecule has 1 amide bonds. The molecule has 0 bridgehead atoms. The Bertz CT molecular complexity index is 839. The van der Waals surface area contributed by atoms with E-state index in [0.29, 0.717) is 17.8 Å². The van der Waals surface area contributed by atoms with E-state index in [9.17, 15) is 18.0 Å². The molecule has 0 aromatic heterocycles. The molecule has 0 radical (unpaired) electrons. The van der Waals surface area contributed by atoms with Gasteiger partial charge in [-0.1, -0.05) is 38.1 Å². The number of carbonyl (C=O) groups excluding carboxylic acids is 1. The minimum atomic E-state index is -4.72. The highest BCUT2D eigenvalue weighted by Gasteiger charge is 2.30. The number of nitrogens with zero attached hydrogens (tertiary/aromatic N) is 1. The second-order valence-electron chi connectivity index (χ2n) is 6.59. The highest BCUT2D eigenvalue weighted by atomic mass is 127. The number of anilines is 1. The molecule has 0 aliphatic heterocycles. The van der Waals surface area contributed by atoms with Gasteiger partial charge in [-0.2, -0.15) is 0 Å². The van der Waals surface area contributed by atoms with Crippen LogP contribution in [-0.4, -0.2) is 18.2 Å². The third kappa shape index (κ3) is 9.33. The van der Waals surface area contributed by atoms with E-state index in [2.05, 4.69) is 20.4 Å². The van der Waals surface area contributed by atoms with Gasteiger partial charge < -0.3 is 21.1 Å². The van der Waals surface area contributed by atoms with E-state index in [4.69, 9.17) is 5.73 Å². The fraction of sp³-hybridized carbons (Fsp3) is 0.300. The van der Waals surface area contributed by atoms with Crippen LogP contribution < -0.4 is 21.1 Å². The van der Waals surface area contributed by atoms with E-state index < -0.39 is 6.36 Å². The molecule has 0 heterocycles. The lowest BCUT2D eigenvalue weighted by Crippen LogP contribution is -2.31. The number of hydrogen-bond acceptors (Lipinski definition) is 3. The van der Waals surface area contributed by atoms with E-state index in [1.807, 2.05) is 26.0 Å². The Morgan fingerprint density at radius 2 is 1.63 bits per heavy atom. The summed E-state index contributed by atoms with van der Waals surface area (Å²) in [7, 11) is 0. The zero-order valence-corrected chi connectivity index (χ0v) is 18.8. The van der Waals surface area contributed by atoms with Gasteiger partial charge in [0.2, 0.25) is 5.91 Å². The molecular weight excluding hydrogens is 512 g/mol. The molecule has 2 aromatic rings. The van der Waals surface area contributed by atoms with Crippen LogP contribution in [0.4, 0.5) is 18.9 Å². The molecule has 0 fully saturated rings. The van der Waals surface area contributed by atoms with E-state index in [-0.39, 0.29) is 54.1 Å². The van der Waals surface area contributed by atoms with E-state index in [1.54, 1.807) is 12.1 Å². The fourth-order valence-corrected chi connectivity index (χ4v) is 2.21. The largest absolute Gasteiger partial charge is 0.573 e. The fourth-order valence-electron chi connectivity index (χ4n) is 2.21. The lowest BCUT2D eigenvalue weighted by atomic mass is 10.1. The summed E-state index contributed by atoms with van der Waals surface area (Å²) >= 11 is 0. The zero-order chi connectivity index (χ0) is 21.4. The van der Waals surface area contributed by atoms with Crippen molar-refractivity contribution >= 4 is 41.5 Å². The zero-order valence-electron chi connectivity index (χ0n) is 16.5. The molecule has 0 aliphatic carbocycles. The maximum Gasteiger partial charge on any atom is 0.573 e. The van der Waals surface area contributed by atoms with Crippen molar-refractivity contribution in [1.82, 2.24) is 5.32 Å². The predicted octanol–water partition coefficient (Wildman–Crippen LogP) is 4.40. The number of rotatable bonds is 7. The van der Waals surface area contributed by atoms with Crippen LogP contribution in [0.5, 0.6) is 5.75 Å². The molecule has 0 unspecified atom stereocenters. The van der Waals surface area contributed by atoms with Crippen molar-refractivity contribution < 1.29 is 22.7 Å². The van der Waals surface area contributed by atoms with Crippen molar-refractivity contribution in [3.8, 4) is 5.75 Å². The minimum absolute atomic E-state index is 0. The second-order valence-corrected chi connectivity index (χ2v) is 6.59. The summed E-state index contributed by atoms with van der Waals surface area (Å²) in [5.74, 6) is -0.229. The number of carbonyl (C=O) groups is 1. The Morgan fingerprint density at radius 3 is 2.17 bits per heavy atom. The van der Waals surface area contributed by atoms with Crippen LogP contribution in [-0.2, 0) is 17.9 Å². The summed E-state index contributed by atoms with van der Waals surface area (Å²) in [5.41, 5.74) is 8.17. The van der Waals surface area contributed by atoms with Crippen molar-refractivity contribution in [3.05, 3.63) is 59.7 Å². The predicted molar refractivity (Wildman–Crippen MR) is 121 cm³/mol. The second kappa shape index (κ2) is 11.6. The molecule has 2 rings (SSSR count). The van der Waals surface area contributed by atoms with Gasteiger partial charge in [0.05, 0.1) is 6.54 Å². The number of nitrogens with one attached hydrogen (secondary N) is 2. The summed E-state index contributed by atoms with van der Waals surface area (Å²) in [5, 5.41) is 5.77. The van der Waals surface area contributed by atoms with Crippen molar-refractivity contribution in [1.29, 1.82) is 0 Å². The van der Waals surface area contributed by atoms with Crippen LogP contribution in [0.3, 0.4) is 0 Å². The first kappa shape index (κ1) is 25.5. The van der Waals surface area contributed by atoms with Gasteiger partial charge in [-0.05, 0) is 35.4 Å². The molecule has 6 nitrogen and oxygen atoms in total. The van der Waals surface area contributed by atoms with Gasteiger partial charge in [-0.3, -0.25) is 4.79 Å². The maximum atomic E-state index is 12.1. The van der Waals surface area contributed by atoms with Gasteiger partial charge in [0.1, 0.15) is 5.75 Å². The van der Waals surface area contributed by atoms with Crippen LogP contribution >= 0.6 is 24.0 Å². The molecule has 0 saturated carbocycles. The number of alkyl halides is 3. The topological polar surface area (TPSA) is 88.7 Å². The van der Waals surface area contributed by atoms with E-state index in [1.165, 1.54) is 24.3 Å². The number of benzene rings is 2. The smallest absolute Gasteiger partial charge is 0.406 e. The minimum Gasteiger partial charge on any atom is -0.406 e. The van der Waals surface area contributed by atoms with Crippen molar-refractivity contribution in [2.75, 3.05) is 5.32 Å². The third-order valence-electron chi connectivity index (χ3n) is 3.81. The maximum absolute atomic E-state index is 12.1. The van der Waals surface area contributed by atoms with Crippen LogP contribution in [0.2, 0.25) is 0 Å². The number of nitrogens with two attached hydrogens (primary N) is 1. The van der Waals surface area contributed by atoms with Gasteiger partial charge in [-0.15, -0.1) is 37.1 Å². The summed E-state index contributed by atoms with van der Waals surface area (Å²) in [6, 6.07) is 12.7.